The lowest BCUT2D eigenvalue weighted by molar-refractivity contribution is 0.0617. The Labute approximate surface area is 174 Å². The lowest BCUT2D eigenvalue weighted by atomic mass is 9.84. The third kappa shape index (κ3) is 3.65. The summed E-state index contributed by atoms with van der Waals surface area (Å²) in [6.07, 6.45) is 4.05. The quantitative estimate of drug-likeness (QED) is 0.826. The Hall–Kier alpha value is -2.03. The van der Waals surface area contributed by atoms with Crippen molar-refractivity contribution in [3.63, 3.8) is 0 Å². The molecule has 154 valence electrons. The number of piperazine rings is 1. The van der Waals surface area contributed by atoms with Crippen LogP contribution in [0.5, 0.6) is 0 Å². The topological polar surface area (TPSA) is 68.8 Å². The van der Waals surface area contributed by atoms with Crippen LogP contribution >= 0.6 is 11.3 Å². The minimum absolute atomic E-state index is 0.0549. The maximum atomic E-state index is 13.1. The number of hydrogen-bond acceptors (Lipinski definition) is 6. The fraction of sp³-hybridized carbons (Fsp3) is 0.571. The molecule has 1 atom stereocenters. The summed E-state index contributed by atoms with van der Waals surface area (Å²) in [4.78, 5) is 36.9. The smallest absolute Gasteiger partial charge is 0.270 e. The molecule has 2 aromatic heterocycles. The molecule has 2 amide bonds. The van der Waals surface area contributed by atoms with E-state index >= 15 is 0 Å². The van der Waals surface area contributed by atoms with Gasteiger partial charge in [-0.25, -0.2) is 4.98 Å². The zero-order valence-electron chi connectivity index (χ0n) is 16.8. The van der Waals surface area contributed by atoms with Gasteiger partial charge in [-0.3, -0.25) is 9.59 Å². The number of nitrogens with zero attached hydrogens (tertiary/aromatic N) is 4. The Morgan fingerprint density at radius 1 is 1.14 bits per heavy atom. The van der Waals surface area contributed by atoms with E-state index in [2.05, 4.69) is 27.1 Å². The van der Waals surface area contributed by atoms with E-state index in [0.717, 1.165) is 68.7 Å². The minimum atomic E-state index is -0.130. The van der Waals surface area contributed by atoms with Crippen molar-refractivity contribution in [3.8, 4) is 0 Å². The van der Waals surface area contributed by atoms with Gasteiger partial charge in [0.25, 0.3) is 11.8 Å². The van der Waals surface area contributed by atoms with Gasteiger partial charge in [-0.1, -0.05) is 0 Å². The number of nitrogens with one attached hydrogen (secondary N) is 1. The second-order valence-corrected chi connectivity index (χ2v) is 9.44. The first kappa shape index (κ1) is 19.0. The van der Waals surface area contributed by atoms with Crippen LogP contribution in [0.2, 0.25) is 0 Å². The number of rotatable bonds is 3. The van der Waals surface area contributed by atoms with E-state index in [1.54, 1.807) is 12.3 Å². The van der Waals surface area contributed by atoms with Gasteiger partial charge in [0.15, 0.2) is 0 Å². The molecule has 0 radical (unpaired) electrons. The number of carbonyl (C=O) groups excluding carboxylic acids is 2. The molecule has 29 heavy (non-hydrogen) atoms. The predicted octanol–water partition coefficient (Wildman–Crippen LogP) is 1.51. The monoisotopic (exact) mass is 413 g/mol. The molecule has 6 rings (SSSR count). The van der Waals surface area contributed by atoms with Crippen molar-refractivity contribution in [1.29, 1.82) is 0 Å². The molecule has 2 bridgehead atoms. The van der Waals surface area contributed by atoms with Crippen LogP contribution in [0.25, 0.3) is 10.1 Å². The zero-order chi connectivity index (χ0) is 20.0. The molecular weight excluding hydrogens is 386 g/mol. The third-order valence-corrected chi connectivity index (χ3v) is 7.62. The molecule has 4 aliphatic rings. The molecule has 2 aromatic rings. The largest absolute Gasteiger partial charge is 0.346 e. The SMILES string of the molecule is CN1CCN(C(=O)c2csc3cnc(C(=O)N[C@H]4CN5CCC4CC5)cc23)CC1. The van der Waals surface area contributed by atoms with Gasteiger partial charge in [0.1, 0.15) is 5.69 Å². The summed E-state index contributed by atoms with van der Waals surface area (Å²) in [5, 5.41) is 5.95. The van der Waals surface area contributed by atoms with Crippen molar-refractivity contribution in [2.24, 2.45) is 5.92 Å². The molecule has 0 aliphatic carbocycles. The van der Waals surface area contributed by atoms with Crippen LogP contribution in [0.1, 0.15) is 33.7 Å². The van der Waals surface area contributed by atoms with Crippen LogP contribution in [-0.4, -0.2) is 90.4 Å². The highest BCUT2D eigenvalue weighted by Gasteiger charge is 2.35. The maximum Gasteiger partial charge on any atom is 0.270 e. The van der Waals surface area contributed by atoms with Crippen molar-refractivity contribution < 1.29 is 9.59 Å². The van der Waals surface area contributed by atoms with Crippen LogP contribution < -0.4 is 5.32 Å². The predicted molar refractivity (Wildman–Crippen MR) is 113 cm³/mol. The number of amides is 2. The zero-order valence-corrected chi connectivity index (χ0v) is 17.6. The first-order chi connectivity index (χ1) is 14.1. The van der Waals surface area contributed by atoms with Crippen LogP contribution in [0, 0.1) is 5.92 Å². The maximum absolute atomic E-state index is 13.1. The van der Waals surface area contributed by atoms with Crippen LogP contribution in [-0.2, 0) is 0 Å². The van der Waals surface area contributed by atoms with Gasteiger partial charge in [0, 0.05) is 55.7 Å². The fourth-order valence-corrected chi connectivity index (χ4v) is 5.66. The summed E-state index contributed by atoms with van der Waals surface area (Å²) < 4.78 is 0.946. The summed E-state index contributed by atoms with van der Waals surface area (Å²) in [6.45, 7) is 6.49. The van der Waals surface area contributed by atoms with Crippen LogP contribution in [0.4, 0.5) is 0 Å². The molecule has 0 aromatic carbocycles. The second-order valence-electron chi connectivity index (χ2n) is 8.53. The molecule has 8 heteroatoms. The average Bonchev–Trinajstić information content (AvgIpc) is 3.18. The Kier molecular flexibility index (Phi) is 5.01. The summed E-state index contributed by atoms with van der Waals surface area (Å²) in [6, 6.07) is 2.00. The number of pyridine rings is 1. The van der Waals surface area contributed by atoms with Gasteiger partial charge < -0.3 is 20.0 Å². The number of carbonyl (C=O) groups is 2. The normalized spacial score (nSPS) is 27.3. The highest BCUT2D eigenvalue weighted by Crippen LogP contribution is 2.29. The summed E-state index contributed by atoms with van der Waals surface area (Å²) in [7, 11) is 2.08. The Bertz CT molecular complexity index is 928. The van der Waals surface area contributed by atoms with Gasteiger partial charge in [-0.05, 0) is 45.0 Å². The highest BCUT2D eigenvalue weighted by molar-refractivity contribution is 7.17. The fourth-order valence-electron chi connectivity index (χ4n) is 4.77. The van der Waals surface area contributed by atoms with Crippen molar-refractivity contribution in [2.75, 3.05) is 52.9 Å². The van der Waals surface area contributed by atoms with Crippen LogP contribution in [0.15, 0.2) is 17.6 Å². The number of likely N-dealkylation sites (N-methyl/N-ethyl adjacent to an activating group) is 1. The minimum Gasteiger partial charge on any atom is -0.346 e. The lowest BCUT2D eigenvalue weighted by Gasteiger charge is -2.44. The van der Waals surface area contributed by atoms with Gasteiger partial charge >= 0.3 is 0 Å². The Morgan fingerprint density at radius 2 is 1.90 bits per heavy atom. The average molecular weight is 414 g/mol. The Balaban J connectivity index is 1.35. The highest BCUT2D eigenvalue weighted by atomic mass is 32.1. The van der Waals surface area contributed by atoms with E-state index in [1.165, 1.54) is 11.3 Å². The van der Waals surface area contributed by atoms with E-state index in [4.69, 9.17) is 0 Å². The molecule has 6 heterocycles. The molecule has 1 N–H and O–H groups in total. The number of piperidine rings is 3. The molecular formula is C21H27N5O2S. The van der Waals surface area contributed by atoms with Gasteiger partial charge in [-0.15, -0.1) is 11.3 Å². The second kappa shape index (κ2) is 7.66. The standard InChI is InChI=1S/C21H27N5O2S/c1-24-6-8-26(9-7-24)21(28)16-13-29-19-11-22-17(10-15(16)19)20(27)23-18-12-25-4-2-14(18)3-5-25/h10-11,13-14,18H,2-9,12H2,1H3,(H,23,27)/t18-/m0/s1. The number of aromatic nitrogens is 1. The van der Waals surface area contributed by atoms with Gasteiger partial charge in [0.2, 0.25) is 0 Å². The summed E-state index contributed by atoms with van der Waals surface area (Å²) in [5.41, 5.74) is 1.09. The lowest BCUT2D eigenvalue weighted by Crippen LogP contribution is -2.57. The van der Waals surface area contributed by atoms with Crippen molar-refractivity contribution in [1.82, 2.24) is 25.0 Å². The third-order valence-electron chi connectivity index (χ3n) is 6.69. The molecule has 0 unspecified atom stereocenters. The van der Waals surface area contributed by atoms with E-state index in [-0.39, 0.29) is 17.9 Å². The Morgan fingerprint density at radius 3 is 2.59 bits per heavy atom. The van der Waals surface area contributed by atoms with Crippen molar-refractivity contribution in [3.05, 3.63) is 28.9 Å². The van der Waals surface area contributed by atoms with Crippen molar-refractivity contribution in [2.45, 2.75) is 18.9 Å². The van der Waals surface area contributed by atoms with Crippen molar-refractivity contribution >= 4 is 33.2 Å². The summed E-state index contributed by atoms with van der Waals surface area (Å²) >= 11 is 1.51. The molecule has 4 aliphatic heterocycles. The molecule has 0 spiro atoms. The molecule has 0 saturated carbocycles. The summed E-state index contributed by atoms with van der Waals surface area (Å²) in [5.74, 6) is 0.498. The number of hydrogen-bond donors (Lipinski definition) is 1. The number of thiophene rings is 1. The van der Waals surface area contributed by atoms with Gasteiger partial charge in [-0.2, -0.15) is 0 Å². The molecule has 4 fully saturated rings. The van der Waals surface area contributed by atoms with E-state index in [9.17, 15) is 9.59 Å². The molecule has 4 saturated heterocycles. The first-order valence-electron chi connectivity index (χ1n) is 10.5. The van der Waals surface area contributed by atoms with E-state index in [0.29, 0.717) is 17.2 Å². The molecule has 7 nitrogen and oxygen atoms in total. The van der Waals surface area contributed by atoms with E-state index < -0.39 is 0 Å². The van der Waals surface area contributed by atoms with Crippen LogP contribution in [0.3, 0.4) is 0 Å². The van der Waals surface area contributed by atoms with Gasteiger partial charge in [0.05, 0.1) is 10.3 Å². The number of fused-ring (bicyclic) bond motifs is 4. The first-order valence-corrected chi connectivity index (χ1v) is 11.3. The van der Waals surface area contributed by atoms with E-state index in [1.807, 2.05) is 10.3 Å².